The van der Waals surface area contributed by atoms with E-state index < -0.39 is 11.9 Å². The summed E-state index contributed by atoms with van der Waals surface area (Å²) >= 11 is 3.53. The molecule has 0 fully saturated rings. The van der Waals surface area contributed by atoms with Gasteiger partial charge in [-0.2, -0.15) is 0 Å². The van der Waals surface area contributed by atoms with Crippen LogP contribution in [0.4, 0.5) is 0 Å². The lowest BCUT2D eigenvalue weighted by molar-refractivity contribution is -0.140. The van der Waals surface area contributed by atoms with Crippen LogP contribution in [0, 0.1) is 5.41 Å². The molecule has 0 spiro atoms. The van der Waals surface area contributed by atoms with Crippen LogP contribution in [0.15, 0.2) is 45.2 Å². The number of methoxy groups -OCH3 is 2. The molecule has 2 aliphatic rings. The van der Waals surface area contributed by atoms with Crippen molar-refractivity contribution in [2.24, 2.45) is 5.41 Å². The molecule has 0 aromatic heterocycles. The maximum absolute atomic E-state index is 13.2. The van der Waals surface area contributed by atoms with Crippen molar-refractivity contribution in [2.45, 2.75) is 39.5 Å². The zero-order chi connectivity index (χ0) is 22.1. The van der Waals surface area contributed by atoms with E-state index in [1.54, 1.807) is 14.2 Å². The second-order valence-corrected chi connectivity index (χ2v) is 9.31. The second-order valence-electron chi connectivity index (χ2n) is 8.45. The van der Waals surface area contributed by atoms with Gasteiger partial charge in [0.15, 0.2) is 5.78 Å². The van der Waals surface area contributed by atoms with E-state index in [0.717, 1.165) is 22.2 Å². The number of rotatable bonds is 6. The van der Waals surface area contributed by atoms with E-state index in [9.17, 15) is 9.59 Å². The van der Waals surface area contributed by atoms with Gasteiger partial charge in [-0.15, -0.1) is 0 Å². The van der Waals surface area contributed by atoms with Crippen molar-refractivity contribution >= 4 is 27.7 Å². The first-order chi connectivity index (χ1) is 14.2. The van der Waals surface area contributed by atoms with Crippen molar-refractivity contribution in [2.75, 3.05) is 27.4 Å². The highest BCUT2D eigenvalue weighted by Crippen LogP contribution is 2.47. The first-order valence-electron chi connectivity index (χ1n) is 9.92. The molecule has 1 unspecified atom stereocenters. The van der Waals surface area contributed by atoms with Crippen molar-refractivity contribution in [3.05, 3.63) is 50.8 Å². The molecule has 0 amide bonds. The molecule has 162 valence electrons. The van der Waals surface area contributed by atoms with Gasteiger partial charge in [0, 0.05) is 36.4 Å². The van der Waals surface area contributed by atoms with Gasteiger partial charge in [-0.05, 0) is 52.4 Å². The van der Waals surface area contributed by atoms with Crippen LogP contribution in [0.3, 0.4) is 0 Å². The smallest absolute Gasteiger partial charge is 0.336 e. The summed E-state index contributed by atoms with van der Waals surface area (Å²) in [5.74, 6) is -0.205. The van der Waals surface area contributed by atoms with Crippen LogP contribution in [-0.2, 0) is 19.1 Å². The Morgan fingerprint density at radius 1 is 1.23 bits per heavy atom. The number of carbonyl (C=O) groups excluding carboxylic acids is 2. The molecular formula is C23H28BrNO5. The Kier molecular flexibility index (Phi) is 6.72. The molecule has 0 saturated heterocycles. The fourth-order valence-corrected chi connectivity index (χ4v) is 4.76. The van der Waals surface area contributed by atoms with E-state index in [1.807, 2.05) is 25.1 Å². The molecule has 0 bridgehead atoms. The number of nitrogens with one attached hydrogen (secondary N) is 1. The van der Waals surface area contributed by atoms with Gasteiger partial charge in [0.25, 0.3) is 0 Å². The minimum Gasteiger partial charge on any atom is -0.496 e. The van der Waals surface area contributed by atoms with Gasteiger partial charge >= 0.3 is 5.97 Å². The predicted octanol–water partition coefficient (Wildman–Crippen LogP) is 4.25. The van der Waals surface area contributed by atoms with Gasteiger partial charge in [-0.3, -0.25) is 4.79 Å². The summed E-state index contributed by atoms with van der Waals surface area (Å²) in [6.07, 6.45) is 1.18. The molecule has 3 rings (SSSR count). The SMILES string of the molecule is COCCOC(=O)C1=C(C)NC2=C(C(=O)CC(C)(C)C2)C1c1ccc(OC)c(Br)c1. The zero-order valence-electron chi connectivity index (χ0n) is 18.1. The van der Waals surface area contributed by atoms with Crippen molar-refractivity contribution in [3.8, 4) is 5.75 Å². The molecule has 0 saturated carbocycles. The molecule has 1 aromatic rings. The van der Waals surface area contributed by atoms with Crippen LogP contribution >= 0.6 is 15.9 Å². The molecule has 1 aromatic carbocycles. The topological polar surface area (TPSA) is 73.9 Å². The Bertz CT molecular complexity index is 932. The summed E-state index contributed by atoms with van der Waals surface area (Å²) in [6, 6.07) is 5.64. The summed E-state index contributed by atoms with van der Waals surface area (Å²) in [5.41, 5.74) is 3.40. The number of ketones is 1. The number of ether oxygens (including phenoxy) is 3. The summed E-state index contributed by atoms with van der Waals surface area (Å²) in [4.78, 5) is 26.3. The summed E-state index contributed by atoms with van der Waals surface area (Å²) in [6.45, 7) is 6.49. The maximum atomic E-state index is 13.2. The van der Waals surface area contributed by atoms with Gasteiger partial charge in [0.05, 0.1) is 23.8 Å². The van der Waals surface area contributed by atoms with Crippen LogP contribution in [0.5, 0.6) is 5.75 Å². The van der Waals surface area contributed by atoms with Gasteiger partial charge in [-0.1, -0.05) is 19.9 Å². The van der Waals surface area contributed by atoms with E-state index >= 15 is 0 Å². The average molecular weight is 478 g/mol. The highest BCUT2D eigenvalue weighted by molar-refractivity contribution is 9.10. The van der Waals surface area contributed by atoms with E-state index in [2.05, 4.69) is 35.1 Å². The largest absolute Gasteiger partial charge is 0.496 e. The maximum Gasteiger partial charge on any atom is 0.336 e. The molecule has 30 heavy (non-hydrogen) atoms. The Morgan fingerprint density at radius 3 is 2.60 bits per heavy atom. The van der Waals surface area contributed by atoms with Gasteiger partial charge in [-0.25, -0.2) is 4.79 Å². The van der Waals surface area contributed by atoms with Crippen molar-refractivity contribution in [1.29, 1.82) is 0 Å². The molecule has 1 aliphatic carbocycles. The molecule has 0 radical (unpaired) electrons. The Hall–Kier alpha value is -2.12. The quantitative estimate of drug-likeness (QED) is 0.487. The number of hydrogen-bond donors (Lipinski definition) is 1. The fourth-order valence-electron chi connectivity index (χ4n) is 4.20. The van der Waals surface area contributed by atoms with E-state index in [0.29, 0.717) is 35.6 Å². The van der Waals surface area contributed by atoms with Crippen LogP contribution in [0.25, 0.3) is 0 Å². The van der Waals surface area contributed by atoms with E-state index in [-0.39, 0.29) is 17.8 Å². The summed E-state index contributed by atoms with van der Waals surface area (Å²) in [7, 11) is 3.15. The number of halogens is 1. The molecule has 1 heterocycles. The third-order valence-corrected chi connectivity index (χ3v) is 6.11. The minimum atomic E-state index is -0.498. The highest BCUT2D eigenvalue weighted by Gasteiger charge is 2.43. The number of hydrogen-bond acceptors (Lipinski definition) is 6. The third-order valence-electron chi connectivity index (χ3n) is 5.49. The third kappa shape index (κ3) is 4.47. The predicted molar refractivity (Wildman–Crippen MR) is 117 cm³/mol. The molecular weight excluding hydrogens is 450 g/mol. The summed E-state index contributed by atoms with van der Waals surface area (Å²) < 4.78 is 16.5. The van der Waals surface area contributed by atoms with Crippen molar-refractivity contribution in [3.63, 3.8) is 0 Å². The standard InChI is InChI=1S/C23H28BrNO5/c1-13-19(22(27)30-9-8-28-4)20(14-6-7-18(29-5)15(24)10-14)21-16(25-13)11-23(2,3)12-17(21)26/h6-7,10,20,25H,8-9,11-12H2,1-5H3. The number of carbonyl (C=O) groups is 2. The van der Waals surface area contributed by atoms with Crippen molar-refractivity contribution in [1.82, 2.24) is 5.32 Å². The lowest BCUT2D eigenvalue weighted by atomic mass is 9.68. The number of allylic oxidation sites excluding steroid dienone is 3. The zero-order valence-corrected chi connectivity index (χ0v) is 19.6. The number of Topliss-reactive ketones (excluding diaryl/α,β-unsaturated/α-hetero) is 1. The van der Waals surface area contributed by atoms with Crippen LogP contribution in [0.2, 0.25) is 0 Å². The fraction of sp³-hybridized carbons (Fsp3) is 0.478. The Morgan fingerprint density at radius 2 is 1.97 bits per heavy atom. The van der Waals surface area contributed by atoms with Gasteiger partial charge in [0.2, 0.25) is 0 Å². The molecule has 1 N–H and O–H groups in total. The van der Waals surface area contributed by atoms with Crippen molar-refractivity contribution < 1.29 is 23.8 Å². The molecule has 6 nitrogen and oxygen atoms in total. The van der Waals surface area contributed by atoms with Crippen LogP contribution < -0.4 is 10.1 Å². The van der Waals surface area contributed by atoms with Gasteiger partial charge in [0.1, 0.15) is 12.4 Å². The lowest BCUT2D eigenvalue weighted by Crippen LogP contribution is -2.38. The first-order valence-corrected chi connectivity index (χ1v) is 10.7. The van der Waals surface area contributed by atoms with E-state index in [4.69, 9.17) is 14.2 Å². The summed E-state index contributed by atoms with van der Waals surface area (Å²) in [5, 5.41) is 3.33. The highest BCUT2D eigenvalue weighted by atomic mass is 79.9. The molecule has 1 atom stereocenters. The van der Waals surface area contributed by atoms with Crippen LogP contribution in [-0.4, -0.2) is 39.2 Å². The lowest BCUT2D eigenvalue weighted by Gasteiger charge is -2.39. The van der Waals surface area contributed by atoms with Gasteiger partial charge < -0.3 is 19.5 Å². The second kappa shape index (κ2) is 8.94. The van der Waals surface area contributed by atoms with Crippen LogP contribution in [0.1, 0.15) is 45.1 Å². The van der Waals surface area contributed by atoms with E-state index in [1.165, 1.54) is 0 Å². The first kappa shape index (κ1) is 22.6. The molecule has 7 heteroatoms. The Balaban J connectivity index is 2.11. The normalized spacial score (nSPS) is 20.6. The Labute approximate surface area is 185 Å². The number of dihydropyridines is 1. The molecule has 1 aliphatic heterocycles. The minimum absolute atomic E-state index is 0.0559. The number of benzene rings is 1. The monoisotopic (exact) mass is 477 g/mol. The average Bonchev–Trinajstić information content (AvgIpc) is 2.65. The number of esters is 1.